The topological polar surface area (TPSA) is 20.3 Å². The minimum atomic E-state index is 0.281. The minimum Gasteiger partial charge on any atom is -0.312 e. The first-order valence-electron chi connectivity index (χ1n) is 7.58. The van der Waals surface area contributed by atoms with Gasteiger partial charge in [0.1, 0.15) is 0 Å². The fourth-order valence-electron chi connectivity index (χ4n) is 3.11. The number of hydrogen-bond acceptors (Lipinski definition) is 1. The quantitative estimate of drug-likeness (QED) is 0.771. The lowest BCUT2D eigenvalue weighted by Gasteiger charge is -2.23. The lowest BCUT2D eigenvalue weighted by atomic mass is 10.0. The van der Waals surface area contributed by atoms with Gasteiger partial charge in [-0.25, -0.2) is 0 Å². The summed E-state index contributed by atoms with van der Waals surface area (Å²) in [5.41, 5.74) is 2.25. The molecule has 1 aliphatic rings. The third-order valence-corrected chi connectivity index (χ3v) is 4.26. The summed E-state index contributed by atoms with van der Waals surface area (Å²) in [5.74, 6) is 1.07. The number of benzene rings is 1. The molecule has 0 aromatic heterocycles. The van der Waals surface area contributed by atoms with Crippen molar-refractivity contribution in [2.45, 2.75) is 52.4 Å². The molecule has 0 spiro atoms. The second kappa shape index (κ2) is 6.74. The summed E-state index contributed by atoms with van der Waals surface area (Å²) in [7, 11) is 0. The van der Waals surface area contributed by atoms with Gasteiger partial charge in [0, 0.05) is 18.7 Å². The van der Waals surface area contributed by atoms with Crippen LogP contribution in [0.5, 0.6) is 0 Å². The van der Waals surface area contributed by atoms with Gasteiger partial charge in [0.2, 0.25) is 5.91 Å². The largest absolute Gasteiger partial charge is 0.312 e. The molecule has 1 amide bonds. The summed E-state index contributed by atoms with van der Waals surface area (Å²) >= 11 is 0. The highest BCUT2D eigenvalue weighted by Gasteiger charge is 2.19. The molecule has 1 aromatic carbocycles. The average molecular weight is 259 g/mol. The van der Waals surface area contributed by atoms with E-state index < -0.39 is 0 Å². The highest BCUT2D eigenvalue weighted by Crippen LogP contribution is 2.29. The molecule has 2 nitrogen and oxygen atoms in total. The first-order valence-corrected chi connectivity index (χ1v) is 7.58. The standard InChI is InChI=1S/C17H25NO/c1-3-18(16-11-7-4-8-14(16)2)17(19)13-12-15-9-5-6-10-15/h4,7-8,11,15H,3,5-6,9-10,12-13H2,1-2H3. The third-order valence-electron chi connectivity index (χ3n) is 4.26. The van der Waals surface area contributed by atoms with Crippen LogP contribution in [0.1, 0.15) is 51.0 Å². The van der Waals surface area contributed by atoms with Gasteiger partial charge in [-0.1, -0.05) is 43.9 Å². The number of carbonyl (C=O) groups excluding carboxylic acids is 1. The Kier molecular flexibility index (Phi) is 5.00. The fourth-order valence-corrected chi connectivity index (χ4v) is 3.11. The summed E-state index contributed by atoms with van der Waals surface area (Å²) in [5, 5.41) is 0. The molecule has 2 heteroatoms. The van der Waals surface area contributed by atoms with Crippen molar-refractivity contribution in [3.63, 3.8) is 0 Å². The molecule has 2 rings (SSSR count). The maximum Gasteiger partial charge on any atom is 0.226 e. The molecule has 0 aliphatic heterocycles. The van der Waals surface area contributed by atoms with Gasteiger partial charge < -0.3 is 4.90 Å². The van der Waals surface area contributed by atoms with Crippen LogP contribution in [-0.4, -0.2) is 12.5 Å². The molecule has 1 aliphatic carbocycles. The van der Waals surface area contributed by atoms with Crippen molar-refractivity contribution in [1.29, 1.82) is 0 Å². The number of carbonyl (C=O) groups is 1. The van der Waals surface area contributed by atoms with E-state index in [-0.39, 0.29) is 5.91 Å². The van der Waals surface area contributed by atoms with Gasteiger partial charge in [-0.05, 0) is 37.8 Å². The van der Waals surface area contributed by atoms with Crippen molar-refractivity contribution in [1.82, 2.24) is 0 Å². The Morgan fingerprint density at radius 2 is 1.95 bits per heavy atom. The van der Waals surface area contributed by atoms with Gasteiger partial charge in [0.25, 0.3) is 0 Å². The zero-order valence-corrected chi connectivity index (χ0v) is 12.2. The van der Waals surface area contributed by atoms with Crippen LogP contribution in [0, 0.1) is 12.8 Å². The summed E-state index contributed by atoms with van der Waals surface area (Å²) < 4.78 is 0. The molecule has 19 heavy (non-hydrogen) atoms. The van der Waals surface area contributed by atoms with Gasteiger partial charge in [-0.3, -0.25) is 4.79 Å². The number of nitrogens with zero attached hydrogens (tertiary/aromatic N) is 1. The molecule has 1 aromatic rings. The van der Waals surface area contributed by atoms with E-state index in [0.29, 0.717) is 6.42 Å². The normalized spacial score (nSPS) is 15.7. The molecule has 0 atom stereocenters. The molecule has 0 bridgehead atoms. The number of para-hydroxylation sites is 1. The monoisotopic (exact) mass is 259 g/mol. The van der Waals surface area contributed by atoms with Crippen LogP contribution in [0.25, 0.3) is 0 Å². The zero-order chi connectivity index (χ0) is 13.7. The van der Waals surface area contributed by atoms with Gasteiger partial charge in [-0.15, -0.1) is 0 Å². The molecule has 0 heterocycles. The van der Waals surface area contributed by atoms with Gasteiger partial charge in [-0.2, -0.15) is 0 Å². The second-order valence-electron chi connectivity index (χ2n) is 5.61. The summed E-state index contributed by atoms with van der Waals surface area (Å²) in [6.45, 7) is 4.89. The first kappa shape index (κ1) is 14.1. The van der Waals surface area contributed by atoms with Crippen LogP contribution < -0.4 is 4.90 Å². The van der Waals surface area contributed by atoms with E-state index in [1.807, 2.05) is 23.1 Å². The number of amides is 1. The fraction of sp³-hybridized carbons (Fsp3) is 0.588. The Hall–Kier alpha value is -1.31. The van der Waals surface area contributed by atoms with Gasteiger partial charge in [0.15, 0.2) is 0 Å². The van der Waals surface area contributed by atoms with Crippen LogP contribution >= 0.6 is 0 Å². The zero-order valence-electron chi connectivity index (χ0n) is 12.2. The van der Waals surface area contributed by atoms with Gasteiger partial charge in [0.05, 0.1) is 0 Å². The van der Waals surface area contributed by atoms with E-state index in [4.69, 9.17) is 0 Å². The van der Waals surface area contributed by atoms with Crippen molar-refractivity contribution in [2.75, 3.05) is 11.4 Å². The van der Waals surface area contributed by atoms with E-state index in [9.17, 15) is 4.79 Å². The molecule has 0 unspecified atom stereocenters. The van der Waals surface area contributed by atoms with Crippen LogP contribution in [0.2, 0.25) is 0 Å². The average Bonchev–Trinajstić information content (AvgIpc) is 2.92. The van der Waals surface area contributed by atoms with Crippen molar-refractivity contribution in [3.8, 4) is 0 Å². The summed E-state index contributed by atoms with van der Waals surface area (Å²) in [6, 6.07) is 8.15. The SMILES string of the molecule is CCN(C(=O)CCC1CCCC1)c1ccccc1C. The Labute approximate surface area is 116 Å². The summed E-state index contributed by atoms with van der Waals surface area (Å²) in [4.78, 5) is 14.3. The van der Waals surface area contributed by atoms with Crippen LogP contribution in [0.3, 0.4) is 0 Å². The highest BCUT2D eigenvalue weighted by atomic mass is 16.2. The smallest absolute Gasteiger partial charge is 0.226 e. The van der Waals surface area contributed by atoms with Crippen LogP contribution in [0.4, 0.5) is 5.69 Å². The van der Waals surface area contributed by atoms with E-state index in [1.165, 1.54) is 31.2 Å². The van der Waals surface area contributed by atoms with Crippen molar-refractivity contribution in [3.05, 3.63) is 29.8 Å². The molecule has 1 fully saturated rings. The Bertz CT molecular complexity index is 421. The lowest BCUT2D eigenvalue weighted by molar-refractivity contribution is -0.118. The third kappa shape index (κ3) is 3.59. The lowest BCUT2D eigenvalue weighted by Crippen LogP contribution is -2.31. The van der Waals surface area contributed by atoms with E-state index in [1.54, 1.807) is 0 Å². The molecular formula is C17H25NO. The van der Waals surface area contributed by atoms with E-state index in [2.05, 4.69) is 19.9 Å². The molecule has 0 saturated heterocycles. The Morgan fingerprint density at radius 1 is 1.26 bits per heavy atom. The maximum absolute atomic E-state index is 12.4. The van der Waals surface area contributed by atoms with Crippen molar-refractivity contribution in [2.24, 2.45) is 5.92 Å². The predicted molar refractivity (Wildman–Crippen MR) is 80.4 cm³/mol. The highest BCUT2D eigenvalue weighted by molar-refractivity contribution is 5.94. The predicted octanol–water partition coefficient (Wildman–Crippen LogP) is 4.32. The molecule has 1 saturated carbocycles. The second-order valence-corrected chi connectivity index (χ2v) is 5.61. The number of aryl methyl sites for hydroxylation is 1. The Morgan fingerprint density at radius 3 is 2.58 bits per heavy atom. The number of rotatable bonds is 5. The number of anilines is 1. The van der Waals surface area contributed by atoms with Crippen LogP contribution in [0.15, 0.2) is 24.3 Å². The van der Waals surface area contributed by atoms with E-state index >= 15 is 0 Å². The molecule has 0 radical (unpaired) electrons. The van der Waals surface area contributed by atoms with Crippen molar-refractivity contribution >= 4 is 11.6 Å². The maximum atomic E-state index is 12.4. The molecule has 104 valence electrons. The Balaban J connectivity index is 1.96. The van der Waals surface area contributed by atoms with E-state index in [0.717, 1.165) is 24.6 Å². The minimum absolute atomic E-state index is 0.281. The molecule has 0 N–H and O–H groups in total. The van der Waals surface area contributed by atoms with Gasteiger partial charge >= 0.3 is 0 Å². The molecular weight excluding hydrogens is 234 g/mol. The van der Waals surface area contributed by atoms with Crippen LogP contribution in [-0.2, 0) is 4.79 Å². The number of hydrogen-bond donors (Lipinski definition) is 0. The van der Waals surface area contributed by atoms with Crippen molar-refractivity contribution < 1.29 is 4.79 Å². The summed E-state index contributed by atoms with van der Waals surface area (Å²) in [6.07, 6.45) is 7.13. The first-order chi connectivity index (χ1) is 9.22.